The molecule has 0 aliphatic carbocycles. The van der Waals surface area contributed by atoms with Crippen molar-refractivity contribution in [3.63, 3.8) is 0 Å². The molecule has 0 heterocycles. The van der Waals surface area contributed by atoms with Crippen LogP contribution < -0.4 is 10.6 Å². The maximum Gasteiger partial charge on any atom is 0.0541 e. The highest BCUT2D eigenvalue weighted by atomic mass is 79.9. The molecule has 3 aromatic carbocycles. The molecule has 0 fully saturated rings. The van der Waals surface area contributed by atoms with E-state index in [1.54, 1.807) is 0 Å². The standard InChI is InChI=1S/C34H46Br2N2/c1-3-5-7-9-11-13-15-27-17-21-29(22-18-27)37-33-25-32(36)34(26-31(33)35)38-30-23-19-28(20-24-30)16-14-12-10-8-6-4-2/h17-26,37-38H,3-16H2,1-2H3. The number of benzene rings is 3. The molecule has 0 amide bonds. The monoisotopic (exact) mass is 640 g/mol. The second-order valence-corrected chi connectivity index (χ2v) is 12.2. The zero-order chi connectivity index (χ0) is 27.0. The SMILES string of the molecule is CCCCCCCCc1ccc(Nc2cc(Br)c(Nc3ccc(CCCCCCCC)cc3)cc2Br)cc1. The lowest BCUT2D eigenvalue weighted by atomic mass is 10.0. The Kier molecular flexibility index (Phi) is 14.4. The highest BCUT2D eigenvalue weighted by Gasteiger charge is 2.08. The van der Waals surface area contributed by atoms with E-state index in [1.807, 2.05) is 0 Å². The molecule has 0 saturated carbocycles. The van der Waals surface area contributed by atoms with Crippen LogP contribution in [-0.4, -0.2) is 0 Å². The second-order valence-electron chi connectivity index (χ2n) is 10.5. The van der Waals surface area contributed by atoms with Crippen molar-refractivity contribution in [2.75, 3.05) is 10.6 Å². The molecule has 2 nitrogen and oxygen atoms in total. The highest BCUT2D eigenvalue weighted by molar-refractivity contribution is 9.11. The Morgan fingerprint density at radius 2 is 0.816 bits per heavy atom. The van der Waals surface area contributed by atoms with Gasteiger partial charge in [-0.25, -0.2) is 0 Å². The summed E-state index contributed by atoms with van der Waals surface area (Å²) in [6, 6.07) is 22.0. The van der Waals surface area contributed by atoms with Crippen LogP contribution in [0.2, 0.25) is 0 Å². The molecule has 3 aromatic rings. The van der Waals surface area contributed by atoms with Gasteiger partial charge in [0.25, 0.3) is 0 Å². The van der Waals surface area contributed by atoms with E-state index in [0.717, 1.165) is 31.7 Å². The van der Waals surface area contributed by atoms with Crippen molar-refractivity contribution < 1.29 is 0 Å². The van der Waals surface area contributed by atoms with E-state index in [9.17, 15) is 0 Å². The minimum absolute atomic E-state index is 1.03. The number of hydrogen-bond donors (Lipinski definition) is 2. The smallest absolute Gasteiger partial charge is 0.0541 e. The summed E-state index contributed by atoms with van der Waals surface area (Å²) in [6.45, 7) is 4.55. The van der Waals surface area contributed by atoms with Gasteiger partial charge in [-0.3, -0.25) is 0 Å². The molecular formula is C34H46Br2N2. The first-order chi connectivity index (χ1) is 18.6. The van der Waals surface area contributed by atoms with Gasteiger partial charge >= 0.3 is 0 Å². The minimum atomic E-state index is 1.03. The fraction of sp³-hybridized carbons (Fsp3) is 0.471. The van der Waals surface area contributed by atoms with Crippen LogP contribution in [0.15, 0.2) is 69.6 Å². The van der Waals surface area contributed by atoms with E-state index >= 15 is 0 Å². The van der Waals surface area contributed by atoms with Crippen molar-refractivity contribution in [2.45, 2.75) is 104 Å². The number of anilines is 4. The van der Waals surface area contributed by atoms with Gasteiger partial charge in [0.15, 0.2) is 0 Å². The van der Waals surface area contributed by atoms with E-state index in [1.165, 1.54) is 101 Å². The van der Waals surface area contributed by atoms with Crippen LogP contribution in [0.4, 0.5) is 22.7 Å². The van der Waals surface area contributed by atoms with E-state index < -0.39 is 0 Å². The summed E-state index contributed by atoms with van der Waals surface area (Å²) < 4.78 is 2.05. The molecular weight excluding hydrogens is 596 g/mol. The third-order valence-corrected chi connectivity index (χ3v) is 8.47. The number of halogens is 2. The maximum absolute atomic E-state index is 3.77. The Labute approximate surface area is 248 Å². The summed E-state index contributed by atoms with van der Waals surface area (Å²) in [4.78, 5) is 0. The predicted octanol–water partition coefficient (Wildman–Crippen LogP) is 12.5. The van der Waals surface area contributed by atoms with Crippen LogP contribution >= 0.6 is 31.9 Å². The molecule has 206 valence electrons. The fourth-order valence-corrected chi connectivity index (χ4v) is 5.66. The third kappa shape index (κ3) is 11.1. The molecule has 2 N–H and O–H groups in total. The first kappa shape index (κ1) is 30.8. The second kappa shape index (κ2) is 17.7. The quantitative estimate of drug-likeness (QED) is 0.135. The van der Waals surface area contributed by atoms with Gasteiger partial charge in [0.2, 0.25) is 0 Å². The molecule has 4 heteroatoms. The van der Waals surface area contributed by atoms with Gasteiger partial charge in [0.1, 0.15) is 0 Å². The topological polar surface area (TPSA) is 24.1 Å². The van der Waals surface area contributed by atoms with Crippen molar-refractivity contribution in [3.8, 4) is 0 Å². The largest absolute Gasteiger partial charge is 0.355 e. The molecule has 0 bridgehead atoms. The lowest BCUT2D eigenvalue weighted by Crippen LogP contribution is -1.96. The Morgan fingerprint density at radius 3 is 1.18 bits per heavy atom. The average molecular weight is 643 g/mol. The van der Waals surface area contributed by atoms with Crippen molar-refractivity contribution in [2.24, 2.45) is 0 Å². The summed E-state index contributed by atoms with van der Waals surface area (Å²) in [7, 11) is 0. The number of aryl methyl sites for hydroxylation is 2. The Hall–Kier alpha value is -1.78. The predicted molar refractivity (Wildman–Crippen MR) is 175 cm³/mol. The van der Waals surface area contributed by atoms with Crippen molar-refractivity contribution in [3.05, 3.63) is 80.7 Å². The van der Waals surface area contributed by atoms with E-state index in [-0.39, 0.29) is 0 Å². The van der Waals surface area contributed by atoms with E-state index in [4.69, 9.17) is 0 Å². The summed E-state index contributed by atoms with van der Waals surface area (Å²) in [5, 5.41) is 7.12. The molecule has 3 rings (SSSR count). The molecule has 0 saturated heterocycles. The van der Waals surface area contributed by atoms with Gasteiger partial charge in [-0.1, -0.05) is 102 Å². The molecule has 0 spiro atoms. The Morgan fingerprint density at radius 1 is 0.474 bits per heavy atom. The van der Waals surface area contributed by atoms with Crippen LogP contribution in [0, 0.1) is 0 Å². The summed E-state index contributed by atoms with van der Waals surface area (Å²) in [6.07, 6.45) is 18.4. The highest BCUT2D eigenvalue weighted by Crippen LogP contribution is 2.36. The van der Waals surface area contributed by atoms with Crippen LogP contribution in [0.3, 0.4) is 0 Å². The average Bonchev–Trinajstić information content (AvgIpc) is 2.92. The number of rotatable bonds is 18. The van der Waals surface area contributed by atoms with Crippen LogP contribution in [0.5, 0.6) is 0 Å². The van der Waals surface area contributed by atoms with Gasteiger partial charge < -0.3 is 10.6 Å². The number of nitrogens with one attached hydrogen (secondary N) is 2. The third-order valence-electron chi connectivity index (χ3n) is 7.16. The molecule has 0 aliphatic rings. The molecule has 0 aliphatic heterocycles. The zero-order valence-corrected chi connectivity index (χ0v) is 26.6. The Balaban J connectivity index is 1.48. The fourth-order valence-electron chi connectivity index (χ4n) is 4.78. The van der Waals surface area contributed by atoms with Crippen LogP contribution in [-0.2, 0) is 12.8 Å². The van der Waals surface area contributed by atoms with Gasteiger partial charge in [-0.05, 0) is 105 Å². The van der Waals surface area contributed by atoms with E-state index in [0.29, 0.717) is 0 Å². The lowest BCUT2D eigenvalue weighted by Gasteiger charge is -2.15. The first-order valence-corrected chi connectivity index (χ1v) is 16.4. The van der Waals surface area contributed by atoms with Gasteiger partial charge in [-0.2, -0.15) is 0 Å². The lowest BCUT2D eigenvalue weighted by molar-refractivity contribution is 0.607. The van der Waals surface area contributed by atoms with Gasteiger partial charge in [-0.15, -0.1) is 0 Å². The number of hydrogen-bond acceptors (Lipinski definition) is 2. The number of unbranched alkanes of at least 4 members (excludes halogenated alkanes) is 10. The minimum Gasteiger partial charge on any atom is -0.355 e. The van der Waals surface area contributed by atoms with Crippen molar-refractivity contribution >= 4 is 54.6 Å². The van der Waals surface area contributed by atoms with Gasteiger partial charge in [0.05, 0.1) is 11.4 Å². The summed E-state index contributed by atoms with van der Waals surface area (Å²) >= 11 is 7.53. The Bertz CT molecular complexity index is 974. The van der Waals surface area contributed by atoms with Crippen molar-refractivity contribution in [1.82, 2.24) is 0 Å². The summed E-state index contributed by atoms with van der Waals surface area (Å²) in [5.41, 5.74) is 7.13. The maximum atomic E-state index is 3.77. The van der Waals surface area contributed by atoms with E-state index in [2.05, 4.69) is 117 Å². The first-order valence-electron chi connectivity index (χ1n) is 14.8. The van der Waals surface area contributed by atoms with Crippen LogP contribution in [0.1, 0.15) is 102 Å². The van der Waals surface area contributed by atoms with Crippen molar-refractivity contribution in [1.29, 1.82) is 0 Å². The zero-order valence-electron chi connectivity index (χ0n) is 23.4. The van der Waals surface area contributed by atoms with Crippen LogP contribution in [0.25, 0.3) is 0 Å². The molecule has 0 aromatic heterocycles. The normalized spacial score (nSPS) is 11.1. The molecule has 0 unspecified atom stereocenters. The summed E-state index contributed by atoms with van der Waals surface area (Å²) in [5.74, 6) is 0. The molecule has 0 radical (unpaired) electrons. The molecule has 38 heavy (non-hydrogen) atoms. The molecule has 0 atom stereocenters. The van der Waals surface area contributed by atoms with Gasteiger partial charge in [0, 0.05) is 20.3 Å².